The number of hydrogen-bond acceptors (Lipinski definition) is 1. The highest BCUT2D eigenvalue weighted by atomic mass is 35.5. The number of halogens is 2. The predicted octanol–water partition coefficient (Wildman–Crippen LogP) is 5.18. The number of nitrogens with one attached hydrogen (secondary N) is 1. The van der Waals surface area contributed by atoms with E-state index < -0.39 is 0 Å². The molecule has 0 aromatic heterocycles. The molecule has 0 aliphatic rings. The van der Waals surface area contributed by atoms with E-state index in [-0.39, 0.29) is 16.9 Å². The van der Waals surface area contributed by atoms with Crippen molar-refractivity contribution in [2.75, 3.05) is 6.54 Å². The van der Waals surface area contributed by atoms with Gasteiger partial charge in [-0.1, -0.05) is 42.8 Å². The third-order valence-electron chi connectivity index (χ3n) is 3.83. The monoisotopic (exact) mass is 305 g/mol. The van der Waals surface area contributed by atoms with Gasteiger partial charge in [0.05, 0.1) is 11.1 Å². The maximum Gasteiger partial charge on any atom is 0.142 e. The van der Waals surface area contributed by atoms with Gasteiger partial charge in [-0.3, -0.25) is 0 Å². The zero-order valence-electron chi connectivity index (χ0n) is 12.7. The largest absolute Gasteiger partial charge is 0.306 e. The molecule has 2 rings (SSSR count). The third-order valence-corrected chi connectivity index (χ3v) is 4.14. The predicted molar refractivity (Wildman–Crippen MR) is 87.5 cm³/mol. The van der Waals surface area contributed by atoms with E-state index in [1.165, 1.54) is 22.8 Å². The normalized spacial score (nSPS) is 12.4. The lowest BCUT2D eigenvalue weighted by Gasteiger charge is -2.22. The molecule has 1 unspecified atom stereocenters. The Balaban J connectivity index is 2.47. The van der Waals surface area contributed by atoms with E-state index in [1.807, 2.05) is 12.1 Å². The molecule has 2 aromatic carbocycles. The third kappa shape index (κ3) is 3.63. The molecular weight excluding hydrogens is 285 g/mol. The molecule has 0 heterocycles. The fraction of sp³-hybridized carbons (Fsp3) is 0.333. The van der Waals surface area contributed by atoms with E-state index in [9.17, 15) is 4.39 Å². The molecule has 1 N–H and O–H groups in total. The van der Waals surface area contributed by atoms with Crippen molar-refractivity contribution in [3.63, 3.8) is 0 Å². The molecule has 3 heteroatoms. The summed E-state index contributed by atoms with van der Waals surface area (Å²) in [7, 11) is 0. The van der Waals surface area contributed by atoms with Crippen LogP contribution in [0.3, 0.4) is 0 Å². The van der Waals surface area contributed by atoms with Crippen LogP contribution >= 0.6 is 11.6 Å². The average Bonchev–Trinajstić information content (AvgIpc) is 2.47. The standard InChI is InChI=1S/C18H21ClFN/c1-4-10-21-18(14-8-9-16(19)17(20)11-14)15-7-5-6-12(2)13(15)3/h5-9,11,18,21H,4,10H2,1-3H3. The second-order valence-electron chi connectivity index (χ2n) is 5.35. The minimum atomic E-state index is -0.372. The Bertz CT molecular complexity index is 625. The van der Waals surface area contributed by atoms with Crippen LogP contribution in [0.2, 0.25) is 5.02 Å². The Morgan fingerprint density at radius 2 is 1.95 bits per heavy atom. The first-order valence-corrected chi connectivity index (χ1v) is 7.66. The van der Waals surface area contributed by atoms with Crippen LogP contribution in [0.4, 0.5) is 4.39 Å². The Kier molecular flexibility index (Phi) is 5.38. The lowest BCUT2D eigenvalue weighted by molar-refractivity contribution is 0.583. The van der Waals surface area contributed by atoms with Gasteiger partial charge in [0, 0.05) is 0 Å². The van der Waals surface area contributed by atoms with Gasteiger partial charge in [-0.05, 0) is 61.2 Å². The van der Waals surface area contributed by atoms with Gasteiger partial charge in [0.25, 0.3) is 0 Å². The number of aryl methyl sites for hydroxylation is 1. The van der Waals surface area contributed by atoms with Crippen molar-refractivity contribution in [1.29, 1.82) is 0 Å². The Morgan fingerprint density at radius 3 is 2.62 bits per heavy atom. The van der Waals surface area contributed by atoms with E-state index in [1.54, 1.807) is 6.07 Å². The van der Waals surface area contributed by atoms with Gasteiger partial charge in [-0.2, -0.15) is 0 Å². The molecule has 21 heavy (non-hydrogen) atoms. The summed E-state index contributed by atoms with van der Waals surface area (Å²) in [4.78, 5) is 0. The summed E-state index contributed by atoms with van der Waals surface area (Å²) in [6.45, 7) is 7.20. The first-order valence-electron chi connectivity index (χ1n) is 7.29. The fourth-order valence-corrected chi connectivity index (χ4v) is 2.59. The summed E-state index contributed by atoms with van der Waals surface area (Å²) < 4.78 is 13.8. The van der Waals surface area contributed by atoms with Crippen molar-refractivity contribution < 1.29 is 4.39 Å². The van der Waals surface area contributed by atoms with Gasteiger partial charge in [-0.25, -0.2) is 4.39 Å². The van der Waals surface area contributed by atoms with Crippen molar-refractivity contribution in [2.24, 2.45) is 0 Å². The number of benzene rings is 2. The Labute approximate surface area is 131 Å². The lowest BCUT2D eigenvalue weighted by Crippen LogP contribution is -2.24. The van der Waals surface area contributed by atoms with Crippen LogP contribution in [-0.4, -0.2) is 6.54 Å². The molecule has 1 nitrogen and oxygen atoms in total. The molecule has 0 saturated heterocycles. The summed E-state index contributed by atoms with van der Waals surface area (Å²) in [5.41, 5.74) is 4.57. The van der Waals surface area contributed by atoms with Crippen molar-refractivity contribution in [1.82, 2.24) is 5.32 Å². The highest BCUT2D eigenvalue weighted by molar-refractivity contribution is 6.30. The minimum absolute atomic E-state index is 0.0170. The summed E-state index contributed by atoms with van der Waals surface area (Å²) in [6.07, 6.45) is 1.03. The van der Waals surface area contributed by atoms with Crippen LogP contribution in [0.25, 0.3) is 0 Å². The first kappa shape index (κ1) is 16.0. The molecular formula is C18H21ClFN. The van der Waals surface area contributed by atoms with Crippen LogP contribution in [0, 0.1) is 19.7 Å². The van der Waals surface area contributed by atoms with Gasteiger partial charge in [0.1, 0.15) is 5.82 Å². The molecule has 0 amide bonds. The van der Waals surface area contributed by atoms with E-state index in [2.05, 4.69) is 38.2 Å². The maximum absolute atomic E-state index is 13.8. The molecule has 0 spiro atoms. The van der Waals surface area contributed by atoms with Crippen molar-refractivity contribution in [3.05, 3.63) is 69.5 Å². The quantitative estimate of drug-likeness (QED) is 0.802. The first-order chi connectivity index (χ1) is 10.0. The average molecular weight is 306 g/mol. The van der Waals surface area contributed by atoms with Crippen LogP contribution in [0.5, 0.6) is 0 Å². The van der Waals surface area contributed by atoms with Crippen LogP contribution in [-0.2, 0) is 0 Å². The summed E-state index contributed by atoms with van der Waals surface area (Å²) in [5.74, 6) is -0.372. The Morgan fingerprint density at radius 1 is 1.19 bits per heavy atom. The highest BCUT2D eigenvalue weighted by Gasteiger charge is 2.17. The second-order valence-corrected chi connectivity index (χ2v) is 5.76. The summed E-state index contributed by atoms with van der Waals surface area (Å²) >= 11 is 5.80. The van der Waals surface area contributed by atoms with Gasteiger partial charge >= 0.3 is 0 Å². The van der Waals surface area contributed by atoms with Gasteiger partial charge in [-0.15, -0.1) is 0 Å². The lowest BCUT2D eigenvalue weighted by atomic mass is 9.92. The highest BCUT2D eigenvalue weighted by Crippen LogP contribution is 2.28. The fourth-order valence-electron chi connectivity index (χ4n) is 2.47. The topological polar surface area (TPSA) is 12.0 Å². The molecule has 1 atom stereocenters. The molecule has 0 aliphatic carbocycles. The van der Waals surface area contributed by atoms with Crippen molar-refractivity contribution in [3.8, 4) is 0 Å². The van der Waals surface area contributed by atoms with Crippen molar-refractivity contribution in [2.45, 2.75) is 33.2 Å². The molecule has 0 radical (unpaired) electrons. The van der Waals surface area contributed by atoms with Gasteiger partial charge in [0.2, 0.25) is 0 Å². The molecule has 0 fully saturated rings. The SMILES string of the molecule is CCCNC(c1ccc(Cl)c(F)c1)c1cccc(C)c1C. The zero-order valence-corrected chi connectivity index (χ0v) is 13.5. The van der Waals surface area contributed by atoms with Crippen LogP contribution in [0.1, 0.15) is 41.6 Å². The minimum Gasteiger partial charge on any atom is -0.306 e. The number of rotatable bonds is 5. The smallest absolute Gasteiger partial charge is 0.142 e. The zero-order chi connectivity index (χ0) is 15.4. The maximum atomic E-state index is 13.8. The second kappa shape index (κ2) is 7.06. The molecule has 2 aromatic rings. The molecule has 0 aliphatic heterocycles. The molecule has 0 saturated carbocycles. The molecule has 112 valence electrons. The van der Waals surface area contributed by atoms with E-state index in [0.29, 0.717) is 0 Å². The van der Waals surface area contributed by atoms with Gasteiger partial charge in [0.15, 0.2) is 0 Å². The number of hydrogen-bond donors (Lipinski definition) is 1. The molecule has 0 bridgehead atoms. The Hall–Kier alpha value is -1.38. The van der Waals surface area contributed by atoms with Crippen LogP contribution < -0.4 is 5.32 Å². The summed E-state index contributed by atoms with van der Waals surface area (Å²) in [6, 6.07) is 11.3. The van der Waals surface area contributed by atoms with E-state index in [0.717, 1.165) is 18.5 Å². The van der Waals surface area contributed by atoms with Crippen LogP contribution in [0.15, 0.2) is 36.4 Å². The summed E-state index contributed by atoms with van der Waals surface area (Å²) in [5, 5.41) is 3.67. The van der Waals surface area contributed by atoms with Crippen molar-refractivity contribution >= 4 is 11.6 Å². The van der Waals surface area contributed by atoms with E-state index in [4.69, 9.17) is 11.6 Å². The van der Waals surface area contributed by atoms with E-state index >= 15 is 0 Å². The van der Waals surface area contributed by atoms with Gasteiger partial charge < -0.3 is 5.32 Å².